The number of nitrogens with zero attached hydrogens (tertiary/aromatic N) is 1. The molecule has 0 aliphatic heterocycles. The van der Waals surface area contributed by atoms with Gasteiger partial charge in [0.15, 0.2) is 0 Å². The molecule has 0 radical (unpaired) electrons. The Morgan fingerprint density at radius 2 is 1.88 bits per heavy atom. The Labute approximate surface area is 117 Å². The number of hydrogen-bond donors (Lipinski definition) is 0. The monoisotopic (exact) mass is 343 g/mol. The van der Waals surface area contributed by atoms with E-state index < -0.39 is 0 Å². The molecule has 0 spiro atoms. The first-order chi connectivity index (χ1) is 8.24. The maximum atomic E-state index is 5.42. The van der Waals surface area contributed by atoms with Crippen molar-refractivity contribution >= 4 is 28.6 Å². The van der Waals surface area contributed by atoms with Gasteiger partial charge in [0.05, 0.1) is 35.7 Å². The topological polar surface area (TPSA) is 12.5 Å². The first-order valence-corrected chi connectivity index (χ1v) is 6.98. The zero-order valence-corrected chi connectivity index (χ0v) is 12.5. The van der Waals surface area contributed by atoms with E-state index in [9.17, 15) is 0 Å². The molecule has 92 valence electrons. The average Bonchev–Trinajstić information content (AvgIpc) is 2.38. The quantitative estimate of drug-likeness (QED) is 0.583. The van der Waals surface area contributed by atoms with Crippen LogP contribution >= 0.6 is 22.9 Å². The van der Waals surface area contributed by atoms with Crippen LogP contribution in [0.3, 0.4) is 0 Å². The molecular weight excluding hydrogens is 325 g/mol. The van der Waals surface area contributed by atoms with Crippen molar-refractivity contribution in [2.45, 2.75) is 32.6 Å². The highest BCUT2D eigenvalue weighted by atomic mass is 127. The van der Waals surface area contributed by atoms with Gasteiger partial charge < -0.3 is 4.74 Å². The first kappa shape index (κ1) is 12.7. The summed E-state index contributed by atoms with van der Waals surface area (Å²) in [4.78, 5) is 0. The highest BCUT2D eigenvalue weighted by Crippen LogP contribution is 2.38. The fourth-order valence-corrected chi connectivity index (χ4v) is 3.29. The van der Waals surface area contributed by atoms with Gasteiger partial charge in [-0.05, 0) is 44.7 Å². The fraction of sp³-hybridized carbons (Fsp3) is 0.429. The molecule has 0 N–H and O–H groups in total. The molecule has 1 aliphatic rings. The summed E-state index contributed by atoms with van der Waals surface area (Å²) in [7, 11) is 1.73. The maximum Gasteiger partial charge on any atom is 0.143 e. The molecule has 0 bridgehead atoms. The van der Waals surface area contributed by atoms with Gasteiger partial charge in [-0.15, -0.1) is 0 Å². The van der Waals surface area contributed by atoms with Gasteiger partial charge in [-0.3, -0.25) is 3.11 Å². The molecular formula is C14H18INO. The Morgan fingerprint density at radius 1 is 1.18 bits per heavy atom. The van der Waals surface area contributed by atoms with Crippen molar-refractivity contribution in [3.63, 3.8) is 0 Å². The smallest absolute Gasteiger partial charge is 0.143 e. The minimum absolute atomic E-state index is 0.938. The Kier molecular flexibility index (Phi) is 4.31. The number of para-hydroxylation sites is 2. The SMILES string of the molecule is COc1ccccc1N(I)C1=C(C)CCCC1. The zero-order chi connectivity index (χ0) is 12.3. The van der Waals surface area contributed by atoms with Crippen molar-refractivity contribution < 1.29 is 4.74 Å². The van der Waals surface area contributed by atoms with Gasteiger partial charge in [0.1, 0.15) is 5.75 Å². The molecule has 17 heavy (non-hydrogen) atoms. The number of methoxy groups -OCH3 is 1. The number of halogens is 1. The lowest BCUT2D eigenvalue weighted by atomic mass is 9.97. The van der Waals surface area contributed by atoms with Crippen LogP contribution in [-0.4, -0.2) is 7.11 Å². The van der Waals surface area contributed by atoms with Crippen LogP contribution in [0.4, 0.5) is 5.69 Å². The molecule has 0 unspecified atom stereocenters. The molecule has 0 fully saturated rings. The molecule has 2 rings (SSSR count). The summed E-state index contributed by atoms with van der Waals surface area (Å²) in [6, 6.07) is 8.19. The van der Waals surface area contributed by atoms with Crippen LogP contribution in [0.2, 0.25) is 0 Å². The highest BCUT2D eigenvalue weighted by molar-refractivity contribution is 14.1. The van der Waals surface area contributed by atoms with Crippen LogP contribution in [0.5, 0.6) is 5.75 Å². The Hall–Kier alpha value is -0.710. The van der Waals surface area contributed by atoms with Crippen LogP contribution in [0.15, 0.2) is 35.5 Å². The summed E-state index contributed by atoms with van der Waals surface area (Å²) in [6.07, 6.45) is 5.02. The number of benzene rings is 1. The van der Waals surface area contributed by atoms with Crippen molar-refractivity contribution in [3.8, 4) is 5.75 Å². The summed E-state index contributed by atoms with van der Waals surface area (Å²) < 4.78 is 7.68. The van der Waals surface area contributed by atoms with Crippen LogP contribution in [0.1, 0.15) is 32.6 Å². The Balaban J connectivity index is 2.33. The minimum atomic E-state index is 0.938. The van der Waals surface area contributed by atoms with Gasteiger partial charge in [-0.25, -0.2) is 0 Å². The van der Waals surface area contributed by atoms with E-state index in [1.165, 1.54) is 37.0 Å². The third-order valence-corrected chi connectivity index (χ3v) is 4.34. The molecule has 0 atom stereocenters. The van der Waals surface area contributed by atoms with Crippen LogP contribution in [0.25, 0.3) is 0 Å². The molecule has 0 heterocycles. The van der Waals surface area contributed by atoms with Crippen molar-refractivity contribution in [1.29, 1.82) is 0 Å². The summed E-state index contributed by atoms with van der Waals surface area (Å²) in [5.41, 5.74) is 4.10. The number of rotatable bonds is 3. The number of ether oxygens (including phenoxy) is 1. The third-order valence-electron chi connectivity index (χ3n) is 3.24. The molecule has 1 aromatic carbocycles. The molecule has 1 aromatic rings. The van der Waals surface area contributed by atoms with E-state index in [4.69, 9.17) is 4.74 Å². The van der Waals surface area contributed by atoms with Gasteiger partial charge >= 0.3 is 0 Å². The normalized spacial score (nSPS) is 15.9. The minimum Gasteiger partial charge on any atom is -0.495 e. The van der Waals surface area contributed by atoms with Crippen LogP contribution in [0, 0.1) is 0 Å². The zero-order valence-electron chi connectivity index (χ0n) is 10.4. The van der Waals surface area contributed by atoms with Gasteiger partial charge in [-0.1, -0.05) is 17.7 Å². The van der Waals surface area contributed by atoms with Gasteiger partial charge in [0.25, 0.3) is 0 Å². The standard InChI is InChI=1S/C14H18INO/c1-11-7-3-4-8-12(11)16(15)13-9-5-6-10-14(13)17-2/h5-6,9-10H,3-4,7-8H2,1-2H3. The largest absolute Gasteiger partial charge is 0.495 e. The molecule has 0 amide bonds. The fourth-order valence-electron chi connectivity index (χ4n) is 2.24. The highest BCUT2D eigenvalue weighted by Gasteiger charge is 2.18. The van der Waals surface area contributed by atoms with Gasteiger partial charge in [-0.2, -0.15) is 0 Å². The molecule has 3 heteroatoms. The van der Waals surface area contributed by atoms with E-state index in [1.54, 1.807) is 7.11 Å². The first-order valence-electron chi connectivity index (χ1n) is 6.01. The lowest BCUT2D eigenvalue weighted by Gasteiger charge is -2.27. The summed E-state index contributed by atoms with van der Waals surface area (Å²) >= 11 is 2.39. The third kappa shape index (κ3) is 2.76. The van der Waals surface area contributed by atoms with E-state index in [0.29, 0.717) is 0 Å². The Morgan fingerprint density at radius 3 is 2.59 bits per heavy atom. The molecule has 0 saturated heterocycles. The molecule has 2 nitrogen and oxygen atoms in total. The molecule has 0 aromatic heterocycles. The van der Waals surface area contributed by atoms with E-state index in [1.807, 2.05) is 12.1 Å². The predicted octanol–water partition coefficient (Wildman–Crippen LogP) is 4.70. The molecule has 1 aliphatic carbocycles. The lowest BCUT2D eigenvalue weighted by molar-refractivity contribution is 0.416. The summed E-state index contributed by atoms with van der Waals surface area (Å²) in [6.45, 7) is 2.25. The van der Waals surface area contributed by atoms with E-state index in [2.05, 4.69) is 45.0 Å². The number of allylic oxidation sites excluding steroid dienone is 2. The van der Waals surface area contributed by atoms with Crippen LogP contribution in [-0.2, 0) is 0 Å². The molecule has 0 saturated carbocycles. The van der Waals surface area contributed by atoms with Crippen molar-refractivity contribution in [2.75, 3.05) is 10.2 Å². The number of hydrogen-bond acceptors (Lipinski definition) is 2. The Bertz CT molecular complexity index is 428. The second kappa shape index (κ2) is 5.76. The number of anilines is 1. The summed E-state index contributed by atoms with van der Waals surface area (Å²) in [5.74, 6) is 0.938. The van der Waals surface area contributed by atoms with Crippen molar-refractivity contribution in [1.82, 2.24) is 0 Å². The van der Waals surface area contributed by atoms with Crippen LogP contribution < -0.4 is 7.85 Å². The predicted molar refractivity (Wildman–Crippen MR) is 80.7 cm³/mol. The maximum absolute atomic E-state index is 5.42. The van der Waals surface area contributed by atoms with Gasteiger partial charge in [0, 0.05) is 5.70 Å². The van der Waals surface area contributed by atoms with E-state index in [-0.39, 0.29) is 0 Å². The second-order valence-corrected chi connectivity index (χ2v) is 5.35. The lowest BCUT2D eigenvalue weighted by Crippen LogP contribution is -2.14. The average molecular weight is 343 g/mol. The van der Waals surface area contributed by atoms with Gasteiger partial charge in [0.2, 0.25) is 0 Å². The van der Waals surface area contributed by atoms with E-state index >= 15 is 0 Å². The van der Waals surface area contributed by atoms with Crippen molar-refractivity contribution in [3.05, 3.63) is 35.5 Å². The van der Waals surface area contributed by atoms with Crippen molar-refractivity contribution in [2.24, 2.45) is 0 Å². The summed E-state index contributed by atoms with van der Waals surface area (Å²) in [5, 5.41) is 0. The van der Waals surface area contributed by atoms with E-state index in [0.717, 1.165) is 11.4 Å². The second-order valence-electron chi connectivity index (χ2n) is 4.39.